The van der Waals surface area contributed by atoms with Crippen molar-refractivity contribution in [2.75, 3.05) is 34.4 Å². The number of rotatable bonds is 4. The molecule has 0 spiro atoms. The van der Waals surface area contributed by atoms with Gasteiger partial charge in [0.1, 0.15) is 11.4 Å². The number of aromatic nitrogens is 4. The van der Waals surface area contributed by atoms with Gasteiger partial charge in [-0.15, -0.1) is 10.2 Å². The highest BCUT2D eigenvalue weighted by molar-refractivity contribution is 5.97. The first kappa shape index (κ1) is 18.6. The number of aliphatic hydroxyl groups excluding tert-OH is 1. The lowest BCUT2D eigenvalue weighted by molar-refractivity contribution is 0.0702. The molecule has 2 aromatic heterocycles. The van der Waals surface area contributed by atoms with Crippen molar-refractivity contribution < 1.29 is 19.4 Å². The van der Waals surface area contributed by atoms with Crippen LogP contribution in [-0.2, 0) is 13.1 Å². The van der Waals surface area contributed by atoms with Crippen LogP contribution < -0.4 is 9.47 Å². The number of likely N-dealkylation sites (N-methyl/N-ethyl adjacent to an activating group) is 1. The molecule has 4 heterocycles. The van der Waals surface area contributed by atoms with Crippen LogP contribution in [0.1, 0.15) is 34.5 Å². The zero-order chi connectivity index (χ0) is 19.8. The zero-order valence-corrected chi connectivity index (χ0v) is 16.2. The molecule has 0 aromatic carbocycles. The number of aliphatic hydroxyl groups is 1. The third-order valence-electron chi connectivity index (χ3n) is 5.28. The Morgan fingerprint density at radius 2 is 2.04 bits per heavy atom. The minimum Gasteiger partial charge on any atom is -0.481 e. The fourth-order valence-corrected chi connectivity index (χ4v) is 3.84. The van der Waals surface area contributed by atoms with Gasteiger partial charge in [-0.2, -0.15) is 4.98 Å². The lowest BCUT2D eigenvalue weighted by Crippen LogP contribution is -2.35. The topological polar surface area (TPSA) is 106 Å². The van der Waals surface area contributed by atoms with Gasteiger partial charge in [0.15, 0.2) is 5.82 Å². The second-order valence-electron chi connectivity index (χ2n) is 7.14. The van der Waals surface area contributed by atoms with Gasteiger partial charge in [0, 0.05) is 32.1 Å². The van der Waals surface area contributed by atoms with E-state index in [1.54, 1.807) is 17.0 Å². The molecule has 2 aliphatic rings. The smallest absolute Gasteiger partial charge is 0.260 e. The maximum atomic E-state index is 13.3. The number of pyridine rings is 1. The van der Waals surface area contributed by atoms with Gasteiger partial charge in [0.25, 0.3) is 5.91 Å². The van der Waals surface area contributed by atoms with Gasteiger partial charge in [-0.1, -0.05) is 0 Å². The van der Waals surface area contributed by atoms with Gasteiger partial charge in [0.2, 0.25) is 11.8 Å². The van der Waals surface area contributed by atoms with E-state index in [1.165, 1.54) is 14.2 Å². The normalized spacial score (nSPS) is 22.2. The molecule has 2 atom stereocenters. The molecule has 0 unspecified atom stereocenters. The number of likely N-dealkylation sites (tertiary alicyclic amines) is 1. The van der Waals surface area contributed by atoms with Gasteiger partial charge in [-0.3, -0.25) is 9.69 Å². The molecule has 10 nitrogen and oxygen atoms in total. The van der Waals surface area contributed by atoms with E-state index in [2.05, 4.69) is 24.6 Å². The minimum atomic E-state index is -0.620. The van der Waals surface area contributed by atoms with Crippen LogP contribution in [0.5, 0.6) is 11.8 Å². The van der Waals surface area contributed by atoms with Crippen molar-refractivity contribution in [2.45, 2.75) is 31.7 Å². The lowest BCUT2D eigenvalue weighted by Gasteiger charge is -2.28. The standard InChI is InChI=1S/C18H24N6O4/c1-22-6-7-23-14(10-22)20-21-16(23)13-8-11(25)9-24(13)18(26)12-4-5-15(27-2)19-17(12)28-3/h4-5,11,13,25H,6-10H2,1-3H3/t11-,13-/m0/s1. The Morgan fingerprint density at radius 1 is 1.21 bits per heavy atom. The van der Waals surface area contributed by atoms with Crippen molar-refractivity contribution in [3.8, 4) is 11.8 Å². The van der Waals surface area contributed by atoms with Gasteiger partial charge < -0.3 is 24.0 Å². The maximum Gasteiger partial charge on any atom is 0.260 e. The molecule has 2 aliphatic heterocycles. The highest BCUT2D eigenvalue weighted by Gasteiger charge is 2.40. The van der Waals surface area contributed by atoms with Gasteiger partial charge in [-0.05, 0) is 13.1 Å². The second-order valence-corrected chi connectivity index (χ2v) is 7.14. The molecule has 1 saturated heterocycles. The van der Waals surface area contributed by atoms with E-state index in [-0.39, 0.29) is 24.4 Å². The summed E-state index contributed by atoms with van der Waals surface area (Å²) in [7, 11) is 5.00. The second kappa shape index (κ2) is 7.36. The lowest BCUT2D eigenvalue weighted by atomic mass is 10.1. The molecule has 0 saturated carbocycles. The molecular formula is C18H24N6O4. The van der Waals surface area contributed by atoms with Crippen molar-refractivity contribution in [3.05, 3.63) is 29.3 Å². The van der Waals surface area contributed by atoms with Crippen molar-refractivity contribution in [1.29, 1.82) is 0 Å². The van der Waals surface area contributed by atoms with E-state index in [1.807, 2.05) is 7.05 Å². The summed E-state index contributed by atoms with van der Waals surface area (Å²) in [6, 6.07) is 2.90. The predicted octanol–water partition coefficient (Wildman–Crippen LogP) is 0.0838. The molecule has 0 aliphatic carbocycles. The Bertz CT molecular complexity index is 885. The van der Waals surface area contributed by atoms with Crippen molar-refractivity contribution >= 4 is 5.91 Å². The Morgan fingerprint density at radius 3 is 2.79 bits per heavy atom. The average Bonchev–Trinajstić information content (AvgIpc) is 3.29. The number of ether oxygens (including phenoxy) is 2. The quantitative estimate of drug-likeness (QED) is 0.785. The largest absolute Gasteiger partial charge is 0.481 e. The van der Waals surface area contributed by atoms with Crippen molar-refractivity contribution in [1.82, 2.24) is 29.5 Å². The molecule has 150 valence electrons. The summed E-state index contributed by atoms with van der Waals surface area (Å²) in [5.74, 6) is 1.88. The monoisotopic (exact) mass is 388 g/mol. The summed E-state index contributed by atoms with van der Waals surface area (Å²) in [4.78, 5) is 21.3. The van der Waals surface area contributed by atoms with E-state index in [0.29, 0.717) is 30.2 Å². The first-order chi connectivity index (χ1) is 13.5. The van der Waals surface area contributed by atoms with E-state index < -0.39 is 6.10 Å². The van der Waals surface area contributed by atoms with Crippen molar-refractivity contribution in [3.63, 3.8) is 0 Å². The van der Waals surface area contributed by atoms with E-state index in [0.717, 1.165) is 18.9 Å². The van der Waals surface area contributed by atoms with E-state index >= 15 is 0 Å². The van der Waals surface area contributed by atoms with E-state index in [9.17, 15) is 9.90 Å². The molecule has 4 rings (SSSR count). The third kappa shape index (κ3) is 3.18. The van der Waals surface area contributed by atoms with Crippen LogP contribution in [0, 0.1) is 0 Å². The molecule has 2 aromatic rings. The van der Waals surface area contributed by atoms with Crippen LogP contribution in [0.2, 0.25) is 0 Å². The van der Waals surface area contributed by atoms with E-state index in [4.69, 9.17) is 9.47 Å². The molecule has 10 heteroatoms. The SMILES string of the molecule is COc1ccc(C(=O)N2C[C@@H](O)C[C@H]2c2nnc3n2CCN(C)C3)c(OC)n1. The number of nitrogens with zero attached hydrogens (tertiary/aromatic N) is 6. The van der Waals surface area contributed by atoms with Crippen LogP contribution in [-0.4, -0.2) is 81.0 Å². The number of amides is 1. The number of β-amino-alcohol motifs (C(OH)–C–C–N with tert-alkyl or cyclic N) is 1. The number of carbonyl (C=O) groups excluding carboxylic acids is 1. The number of methoxy groups -OCH3 is 2. The molecular weight excluding hydrogens is 364 g/mol. The number of carbonyl (C=O) groups is 1. The summed E-state index contributed by atoms with van der Waals surface area (Å²) in [6.07, 6.45) is -0.198. The molecule has 28 heavy (non-hydrogen) atoms. The first-order valence-corrected chi connectivity index (χ1v) is 9.20. The van der Waals surface area contributed by atoms with Gasteiger partial charge in [0.05, 0.1) is 32.9 Å². The Balaban J connectivity index is 1.67. The molecule has 1 fully saturated rings. The number of hydrogen-bond acceptors (Lipinski definition) is 8. The summed E-state index contributed by atoms with van der Waals surface area (Å²) < 4.78 is 12.4. The van der Waals surface area contributed by atoms with Crippen LogP contribution >= 0.6 is 0 Å². The Labute approximate surface area is 162 Å². The summed E-state index contributed by atoms with van der Waals surface area (Å²) in [5.41, 5.74) is 0.320. The summed E-state index contributed by atoms with van der Waals surface area (Å²) >= 11 is 0. The van der Waals surface area contributed by atoms with Gasteiger partial charge in [-0.25, -0.2) is 0 Å². The van der Waals surface area contributed by atoms with Crippen LogP contribution in [0.25, 0.3) is 0 Å². The van der Waals surface area contributed by atoms with Crippen molar-refractivity contribution in [2.24, 2.45) is 0 Å². The molecule has 0 radical (unpaired) electrons. The fraction of sp³-hybridized carbons (Fsp3) is 0.556. The zero-order valence-electron chi connectivity index (χ0n) is 16.2. The van der Waals surface area contributed by atoms with Gasteiger partial charge >= 0.3 is 0 Å². The Kier molecular flexibility index (Phi) is 4.90. The Hall–Kier alpha value is -2.72. The first-order valence-electron chi connectivity index (χ1n) is 9.20. The average molecular weight is 388 g/mol. The van der Waals surface area contributed by atoms with Crippen LogP contribution in [0.3, 0.4) is 0 Å². The fourth-order valence-electron chi connectivity index (χ4n) is 3.84. The molecule has 1 N–H and O–H groups in total. The van der Waals surface area contributed by atoms with Crippen LogP contribution in [0.4, 0.5) is 0 Å². The summed E-state index contributed by atoms with van der Waals surface area (Å²) in [5, 5.41) is 19.0. The number of fused-ring (bicyclic) bond motifs is 1. The molecule has 0 bridgehead atoms. The molecule has 1 amide bonds. The third-order valence-corrected chi connectivity index (χ3v) is 5.28. The maximum absolute atomic E-state index is 13.3. The highest BCUT2D eigenvalue weighted by atomic mass is 16.5. The predicted molar refractivity (Wildman–Crippen MR) is 98.1 cm³/mol. The van der Waals surface area contributed by atoms with Crippen LogP contribution in [0.15, 0.2) is 12.1 Å². The summed E-state index contributed by atoms with van der Waals surface area (Å²) in [6.45, 7) is 2.58. The minimum absolute atomic E-state index is 0.189. The number of hydrogen-bond donors (Lipinski definition) is 1. The highest BCUT2D eigenvalue weighted by Crippen LogP contribution is 2.35.